The smallest absolute Gasteiger partial charge is 0.222 e. The highest BCUT2D eigenvalue weighted by Gasteiger charge is 2.21. The number of carbonyl (C=O) groups is 1. The summed E-state index contributed by atoms with van der Waals surface area (Å²) in [5, 5.41) is 0. The molecule has 0 unspecified atom stereocenters. The van der Waals surface area contributed by atoms with Crippen LogP contribution in [0.2, 0.25) is 0 Å². The SMILES string of the molecule is COc1cc(CCC(=O)N2CCN(Cc3cccc(C)c3)CC2)cc(OC)c1. The fraction of sp³-hybridized carbons (Fsp3) is 0.435. The Labute approximate surface area is 167 Å². The first kappa shape index (κ1) is 20.2. The number of rotatable bonds is 7. The highest BCUT2D eigenvalue weighted by atomic mass is 16.5. The Kier molecular flexibility index (Phi) is 6.93. The maximum Gasteiger partial charge on any atom is 0.222 e. The van der Waals surface area contributed by atoms with Crippen molar-refractivity contribution in [2.24, 2.45) is 0 Å². The Hall–Kier alpha value is -2.53. The van der Waals surface area contributed by atoms with Crippen molar-refractivity contribution in [2.75, 3.05) is 40.4 Å². The second-order valence-corrected chi connectivity index (χ2v) is 7.37. The summed E-state index contributed by atoms with van der Waals surface area (Å²) in [4.78, 5) is 17.0. The van der Waals surface area contributed by atoms with Gasteiger partial charge >= 0.3 is 0 Å². The minimum absolute atomic E-state index is 0.219. The summed E-state index contributed by atoms with van der Waals surface area (Å²) < 4.78 is 10.6. The van der Waals surface area contributed by atoms with E-state index in [1.165, 1.54) is 11.1 Å². The zero-order valence-electron chi connectivity index (χ0n) is 17.1. The molecule has 1 saturated heterocycles. The predicted octanol–water partition coefficient (Wildman–Crippen LogP) is 3.29. The van der Waals surface area contributed by atoms with Crippen LogP contribution in [0.3, 0.4) is 0 Å². The van der Waals surface area contributed by atoms with E-state index in [9.17, 15) is 4.79 Å². The lowest BCUT2D eigenvalue weighted by atomic mass is 10.1. The van der Waals surface area contributed by atoms with E-state index in [0.717, 1.165) is 49.8 Å². The molecule has 5 heteroatoms. The lowest BCUT2D eigenvalue weighted by Gasteiger charge is -2.35. The van der Waals surface area contributed by atoms with Crippen molar-refractivity contribution in [3.8, 4) is 11.5 Å². The highest BCUT2D eigenvalue weighted by Crippen LogP contribution is 2.23. The van der Waals surface area contributed by atoms with Crippen LogP contribution in [-0.2, 0) is 17.8 Å². The van der Waals surface area contributed by atoms with Crippen LogP contribution in [0.5, 0.6) is 11.5 Å². The third-order valence-corrected chi connectivity index (χ3v) is 5.25. The third kappa shape index (κ3) is 5.49. The molecule has 1 amide bonds. The maximum absolute atomic E-state index is 12.6. The second kappa shape index (κ2) is 9.60. The number of carbonyl (C=O) groups excluding carboxylic acids is 1. The van der Waals surface area contributed by atoms with E-state index in [1.54, 1.807) is 14.2 Å². The van der Waals surface area contributed by atoms with Gasteiger partial charge in [0, 0.05) is 45.2 Å². The Bertz CT molecular complexity index is 776. The summed E-state index contributed by atoms with van der Waals surface area (Å²) in [6.45, 7) is 6.52. The normalized spacial score (nSPS) is 14.8. The van der Waals surface area contributed by atoms with Crippen molar-refractivity contribution >= 4 is 5.91 Å². The molecule has 3 rings (SSSR count). The van der Waals surface area contributed by atoms with Crippen LogP contribution >= 0.6 is 0 Å². The van der Waals surface area contributed by atoms with E-state index in [1.807, 2.05) is 23.1 Å². The molecule has 0 atom stereocenters. The van der Waals surface area contributed by atoms with Gasteiger partial charge < -0.3 is 14.4 Å². The van der Waals surface area contributed by atoms with E-state index in [2.05, 4.69) is 36.1 Å². The van der Waals surface area contributed by atoms with Gasteiger partial charge in [-0.2, -0.15) is 0 Å². The molecule has 2 aromatic carbocycles. The number of benzene rings is 2. The van der Waals surface area contributed by atoms with Gasteiger partial charge in [-0.15, -0.1) is 0 Å². The lowest BCUT2D eigenvalue weighted by Crippen LogP contribution is -2.48. The van der Waals surface area contributed by atoms with Gasteiger partial charge in [0.1, 0.15) is 11.5 Å². The molecule has 0 aromatic heterocycles. The van der Waals surface area contributed by atoms with Gasteiger partial charge in [0.05, 0.1) is 14.2 Å². The number of ether oxygens (including phenoxy) is 2. The molecule has 0 spiro atoms. The molecule has 1 heterocycles. The van der Waals surface area contributed by atoms with Gasteiger partial charge in [-0.3, -0.25) is 9.69 Å². The van der Waals surface area contributed by atoms with Crippen LogP contribution in [0, 0.1) is 6.92 Å². The molecule has 0 saturated carbocycles. The van der Waals surface area contributed by atoms with Crippen LogP contribution in [0.1, 0.15) is 23.1 Å². The number of methoxy groups -OCH3 is 2. The van der Waals surface area contributed by atoms with Crippen molar-refractivity contribution in [1.82, 2.24) is 9.80 Å². The van der Waals surface area contributed by atoms with Crippen molar-refractivity contribution in [2.45, 2.75) is 26.3 Å². The fourth-order valence-corrected chi connectivity index (χ4v) is 3.64. The Morgan fingerprint density at radius 3 is 2.21 bits per heavy atom. The van der Waals surface area contributed by atoms with Crippen molar-refractivity contribution in [1.29, 1.82) is 0 Å². The largest absolute Gasteiger partial charge is 0.497 e. The quantitative estimate of drug-likeness (QED) is 0.737. The molecule has 0 N–H and O–H groups in total. The topological polar surface area (TPSA) is 42.0 Å². The number of hydrogen-bond acceptors (Lipinski definition) is 4. The van der Waals surface area contributed by atoms with Crippen LogP contribution in [0.15, 0.2) is 42.5 Å². The van der Waals surface area contributed by atoms with Crippen molar-refractivity contribution < 1.29 is 14.3 Å². The van der Waals surface area contributed by atoms with Gasteiger partial charge in [-0.25, -0.2) is 0 Å². The van der Waals surface area contributed by atoms with Gasteiger partial charge in [0.25, 0.3) is 0 Å². The molecular weight excluding hydrogens is 352 g/mol. The zero-order valence-corrected chi connectivity index (χ0v) is 17.1. The molecule has 0 radical (unpaired) electrons. The Balaban J connectivity index is 1.47. The first-order valence-electron chi connectivity index (χ1n) is 9.85. The summed E-state index contributed by atoms with van der Waals surface area (Å²) in [7, 11) is 3.28. The molecule has 1 aliphatic heterocycles. The van der Waals surface area contributed by atoms with E-state index < -0.39 is 0 Å². The molecule has 1 fully saturated rings. The van der Waals surface area contributed by atoms with E-state index in [0.29, 0.717) is 12.8 Å². The van der Waals surface area contributed by atoms with Crippen molar-refractivity contribution in [3.63, 3.8) is 0 Å². The number of piperazine rings is 1. The predicted molar refractivity (Wildman–Crippen MR) is 111 cm³/mol. The van der Waals surface area contributed by atoms with Gasteiger partial charge in [0.15, 0.2) is 0 Å². The monoisotopic (exact) mass is 382 g/mol. The fourth-order valence-electron chi connectivity index (χ4n) is 3.64. The van der Waals surface area contributed by atoms with Crippen LogP contribution in [0.4, 0.5) is 0 Å². The molecular formula is C23H30N2O3. The maximum atomic E-state index is 12.6. The number of nitrogens with zero attached hydrogens (tertiary/aromatic N) is 2. The first-order chi connectivity index (χ1) is 13.6. The van der Waals surface area contributed by atoms with Gasteiger partial charge in [-0.1, -0.05) is 29.8 Å². The van der Waals surface area contributed by atoms with Crippen LogP contribution < -0.4 is 9.47 Å². The second-order valence-electron chi connectivity index (χ2n) is 7.37. The molecule has 150 valence electrons. The standard InChI is InChI=1S/C23H30N2O3/c1-18-5-4-6-20(13-18)17-24-9-11-25(12-10-24)23(26)8-7-19-14-21(27-2)16-22(15-19)28-3/h4-6,13-16H,7-12,17H2,1-3H3. The Morgan fingerprint density at radius 2 is 1.61 bits per heavy atom. The summed E-state index contributed by atoms with van der Waals surface area (Å²) >= 11 is 0. The van der Waals surface area contributed by atoms with Gasteiger partial charge in [-0.05, 0) is 36.6 Å². The molecule has 0 aliphatic carbocycles. The summed E-state index contributed by atoms with van der Waals surface area (Å²) in [6.07, 6.45) is 1.20. The first-order valence-corrected chi connectivity index (χ1v) is 9.85. The molecule has 2 aromatic rings. The minimum Gasteiger partial charge on any atom is -0.497 e. The number of amides is 1. The van der Waals surface area contributed by atoms with Crippen LogP contribution in [0.25, 0.3) is 0 Å². The van der Waals surface area contributed by atoms with Crippen molar-refractivity contribution in [3.05, 3.63) is 59.2 Å². The summed E-state index contributed by atoms with van der Waals surface area (Å²) in [6, 6.07) is 14.4. The van der Waals surface area contributed by atoms with E-state index >= 15 is 0 Å². The van der Waals surface area contributed by atoms with E-state index in [4.69, 9.17) is 9.47 Å². The average molecular weight is 383 g/mol. The van der Waals surface area contributed by atoms with Gasteiger partial charge in [0.2, 0.25) is 5.91 Å². The zero-order chi connectivity index (χ0) is 19.9. The lowest BCUT2D eigenvalue weighted by molar-refractivity contribution is -0.133. The molecule has 0 bridgehead atoms. The number of aryl methyl sites for hydroxylation is 2. The third-order valence-electron chi connectivity index (χ3n) is 5.25. The average Bonchev–Trinajstić information content (AvgIpc) is 2.72. The Morgan fingerprint density at radius 1 is 0.929 bits per heavy atom. The minimum atomic E-state index is 0.219. The summed E-state index contributed by atoms with van der Waals surface area (Å²) in [5.74, 6) is 1.73. The molecule has 5 nitrogen and oxygen atoms in total. The number of hydrogen-bond donors (Lipinski definition) is 0. The van der Waals surface area contributed by atoms with Crippen LogP contribution in [-0.4, -0.2) is 56.1 Å². The molecule has 1 aliphatic rings. The molecule has 28 heavy (non-hydrogen) atoms. The summed E-state index contributed by atoms with van der Waals surface area (Å²) in [5.41, 5.74) is 3.69. The van der Waals surface area contributed by atoms with E-state index in [-0.39, 0.29) is 5.91 Å². The highest BCUT2D eigenvalue weighted by molar-refractivity contribution is 5.76.